The van der Waals surface area contributed by atoms with Gasteiger partial charge in [0.05, 0.1) is 12.4 Å². The normalized spacial score (nSPS) is 12.1. The van der Waals surface area contributed by atoms with Gasteiger partial charge in [0.15, 0.2) is 17.2 Å². The van der Waals surface area contributed by atoms with E-state index in [0.717, 1.165) is 0 Å². The summed E-state index contributed by atoms with van der Waals surface area (Å²) in [6.07, 6.45) is 2.68. The summed E-state index contributed by atoms with van der Waals surface area (Å²) in [5.74, 6) is 1.18. The number of benzene rings is 1. The predicted molar refractivity (Wildman–Crippen MR) is 73.3 cm³/mol. The number of ether oxygens (including phenoxy) is 3. The minimum absolute atomic E-state index is 0.0154. The number of hydrogen-bond acceptors (Lipinski definition) is 7. The smallest absolute Gasteiger partial charge is 0.387 e. The largest absolute Gasteiger partial charge is 0.454 e. The molecule has 0 radical (unpaired) electrons. The molecule has 1 aromatic heterocycles. The van der Waals surface area contributed by atoms with Gasteiger partial charge in [-0.1, -0.05) is 0 Å². The van der Waals surface area contributed by atoms with E-state index in [0.29, 0.717) is 22.9 Å². The second-order valence-corrected chi connectivity index (χ2v) is 4.44. The zero-order chi connectivity index (χ0) is 16.2. The summed E-state index contributed by atoms with van der Waals surface area (Å²) >= 11 is 0. The van der Waals surface area contributed by atoms with Crippen LogP contribution >= 0.6 is 0 Å². The lowest BCUT2D eigenvalue weighted by Gasteiger charge is -2.12. The van der Waals surface area contributed by atoms with Crippen LogP contribution < -0.4 is 19.5 Å². The lowest BCUT2D eigenvalue weighted by molar-refractivity contribution is -0.0504. The van der Waals surface area contributed by atoms with Crippen molar-refractivity contribution in [2.24, 2.45) is 0 Å². The number of halogens is 2. The number of anilines is 1. The molecule has 0 saturated carbocycles. The standard InChI is InChI=1S/C14H10F2N4O3/c15-14(16)23-10-2-12-11(21-7-22-12)1-8(10)4-19-13-6-18-9(3-17)5-20-13/h1-2,5-6,14H,4,7H2,(H,19,20). The lowest BCUT2D eigenvalue weighted by atomic mass is 10.1. The Balaban J connectivity index is 1.79. The predicted octanol–water partition coefficient (Wildman–Crippen LogP) is 2.29. The molecule has 118 valence electrons. The maximum atomic E-state index is 12.5. The van der Waals surface area contributed by atoms with Crippen molar-refractivity contribution in [1.82, 2.24) is 9.97 Å². The van der Waals surface area contributed by atoms with E-state index in [1.807, 2.05) is 6.07 Å². The summed E-state index contributed by atoms with van der Waals surface area (Å²) in [4.78, 5) is 7.84. The van der Waals surface area contributed by atoms with Gasteiger partial charge in [-0.3, -0.25) is 0 Å². The Hall–Kier alpha value is -3.15. The van der Waals surface area contributed by atoms with Crippen LogP contribution in [0.4, 0.5) is 14.6 Å². The molecule has 0 amide bonds. The second kappa shape index (κ2) is 6.31. The Morgan fingerprint density at radius 1 is 1.26 bits per heavy atom. The van der Waals surface area contributed by atoms with Crippen molar-refractivity contribution in [1.29, 1.82) is 5.26 Å². The first-order valence-electron chi connectivity index (χ1n) is 6.49. The van der Waals surface area contributed by atoms with E-state index in [2.05, 4.69) is 20.0 Å². The Morgan fingerprint density at radius 2 is 2.04 bits per heavy atom. The second-order valence-electron chi connectivity index (χ2n) is 4.44. The third-order valence-electron chi connectivity index (χ3n) is 3.00. The van der Waals surface area contributed by atoms with Crippen LogP contribution in [0.1, 0.15) is 11.3 Å². The van der Waals surface area contributed by atoms with Gasteiger partial charge in [-0.05, 0) is 6.07 Å². The summed E-state index contributed by atoms with van der Waals surface area (Å²) in [5.41, 5.74) is 0.626. The molecular formula is C14H10F2N4O3. The van der Waals surface area contributed by atoms with Crippen LogP contribution in [0, 0.1) is 11.3 Å². The van der Waals surface area contributed by atoms with Gasteiger partial charge in [0.1, 0.15) is 17.6 Å². The van der Waals surface area contributed by atoms with Gasteiger partial charge in [-0.25, -0.2) is 9.97 Å². The van der Waals surface area contributed by atoms with Gasteiger partial charge < -0.3 is 19.5 Å². The van der Waals surface area contributed by atoms with Gasteiger partial charge in [-0.15, -0.1) is 0 Å². The lowest BCUT2D eigenvalue weighted by Crippen LogP contribution is -2.08. The number of aromatic nitrogens is 2. The zero-order valence-electron chi connectivity index (χ0n) is 11.6. The topological polar surface area (TPSA) is 89.3 Å². The average molecular weight is 320 g/mol. The van der Waals surface area contributed by atoms with Crippen LogP contribution in [-0.2, 0) is 6.54 Å². The van der Waals surface area contributed by atoms with Gasteiger partial charge in [0.25, 0.3) is 0 Å². The van der Waals surface area contributed by atoms with Crippen molar-refractivity contribution < 1.29 is 23.0 Å². The van der Waals surface area contributed by atoms with Crippen LogP contribution in [0.3, 0.4) is 0 Å². The van der Waals surface area contributed by atoms with Crippen LogP contribution in [0.25, 0.3) is 0 Å². The molecule has 0 unspecified atom stereocenters. The number of rotatable bonds is 5. The molecule has 0 bridgehead atoms. The molecule has 0 saturated heterocycles. The molecule has 0 atom stereocenters. The third-order valence-corrected chi connectivity index (χ3v) is 3.00. The Morgan fingerprint density at radius 3 is 2.70 bits per heavy atom. The molecule has 2 aromatic rings. The molecule has 0 spiro atoms. The van der Waals surface area contributed by atoms with Crippen LogP contribution in [0.2, 0.25) is 0 Å². The van der Waals surface area contributed by atoms with E-state index in [-0.39, 0.29) is 24.8 Å². The zero-order valence-corrected chi connectivity index (χ0v) is 11.6. The van der Waals surface area contributed by atoms with Crippen molar-refractivity contribution >= 4 is 5.82 Å². The number of hydrogen-bond donors (Lipinski definition) is 1. The van der Waals surface area contributed by atoms with Crippen molar-refractivity contribution in [2.45, 2.75) is 13.2 Å². The summed E-state index contributed by atoms with van der Waals surface area (Å²) in [5, 5.41) is 11.6. The van der Waals surface area contributed by atoms with E-state index in [1.54, 1.807) is 6.07 Å². The molecule has 1 N–H and O–H groups in total. The molecular weight excluding hydrogens is 310 g/mol. The van der Waals surface area contributed by atoms with Crippen molar-refractivity contribution in [3.63, 3.8) is 0 Å². The van der Waals surface area contributed by atoms with E-state index in [4.69, 9.17) is 14.7 Å². The Bertz CT molecular complexity index is 747. The summed E-state index contributed by atoms with van der Waals surface area (Å²) in [6.45, 7) is -2.77. The fourth-order valence-corrected chi connectivity index (χ4v) is 1.97. The average Bonchev–Trinajstić information content (AvgIpc) is 2.99. The highest BCUT2D eigenvalue weighted by Crippen LogP contribution is 2.38. The van der Waals surface area contributed by atoms with Crippen molar-refractivity contribution in [3.05, 3.63) is 35.8 Å². The summed E-state index contributed by atoms with van der Waals surface area (Å²) < 4.78 is 39.9. The van der Waals surface area contributed by atoms with Gasteiger partial charge in [-0.2, -0.15) is 14.0 Å². The number of fused-ring (bicyclic) bond motifs is 1. The number of nitriles is 1. The van der Waals surface area contributed by atoms with Crippen LogP contribution in [-0.4, -0.2) is 23.4 Å². The molecule has 3 rings (SSSR count). The van der Waals surface area contributed by atoms with E-state index in [1.165, 1.54) is 18.5 Å². The maximum absolute atomic E-state index is 12.5. The highest BCUT2D eigenvalue weighted by molar-refractivity contribution is 5.52. The van der Waals surface area contributed by atoms with Gasteiger partial charge in [0, 0.05) is 18.2 Å². The fraction of sp³-hybridized carbons (Fsp3) is 0.214. The van der Waals surface area contributed by atoms with E-state index >= 15 is 0 Å². The number of nitrogens with zero attached hydrogens (tertiary/aromatic N) is 3. The Labute approximate surface area is 129 Å². The van der Waals surface area contributed by atoms with Crippen molar-refractivity contribution in [3.8, 4) is 23.3 Å². The fourth-order valence-electron chi connectivity index (χ4n) is 1.97. The highest BCUT2D eigenvalue weighted by atomic mass is 19.3. The number of alkyl halides is 2. The molecule has 9 heteroatoms. The van der Waals surface area contributed by atoms with E-state index in [9.17, 15) is 8.78 Å². The molecule has 1 aliphatic rings. The van der Waals surface area contributed by atoms with Crippen molar-refractivity contribution in [2.75, 3.05) is 12.1 Å². The molecule has 2 heterocycles. The quantitative estimate of drug-likeness (QED) is 0.904. The Kier molecular flexibility index (Phi) is 4.05. The van der Waals surface area contributed by atoms with E-state index < -0.39 is 6.61 Å². The molecule has 1 aliphatic heterocycles. The SMILES string of the molecule is N#Cc1cnc(NCc2cc3c(cc2OC(F)F)OCO3)cn1. The molecule has 7 nitrogen and oxygen atoms in total. The van der Waals surface area contributed by atoms with Gasteiger partial charge >= 0.3 is 6.61 Å². The molecule has 0 fully saturated rings. The maximum Gasteiger partial charge on any atom is 0.387 e. The minimum atomic E-state index is -2.95. The van der Waals surface area contributed by atoms with Gasteiger partial charge in [0.2, 0.25) is 6.79 Å². The summed E-state index contributed by atoms with van der Waals surface area (Å²) in [6, 6.07) is 4.77. The molecule has 1 aromatic carbocycles. The number of nitrogens with one attached hydrogen (secondary N) is 1. The first-order valence-corrected chi connectivity index (χ1v) is 6.49. The molecule has 23 heavy (non-hydrogen) atoms. The monoisotopic (exact) mass is 320 g/mol. The third kappa shape index (κ3) is 3.37. The van der Waals surface area contributed by atoms with Crippen LogP contribution in [0.15, 0.2) is 24.5 Å². The van der Waals surface area contributed by atoms with Crippen LogP contribution in [0.5, 0.6) is 17.2 Å². The highest BCUT2D eigenvalue weighted by Gasteiger charge is 2.20. The summed E-state index contributed by atoms with van der Waals surface area (Å²) in [7, 11) is 0. The first-order chi connectivity index (χ1) is 11.2. The minimum Gasteiger partial charge on any atom is -0.454 e. The molecule has 0 aliphatic carbocycles. The first kappa shape index (κ1) is 14.8.